The second-order valence-electron chi connectivity index (χ2n) is 5.80. The van der Waals surface area contributed by atoms with Crippen molar-refractivity contribution in [1.82, 2.24) is 5.32 Å². The van der Waals surface area contributed by atoms with Crippen LogP contribution in [-0.4, -0.2) is 33.7 Å². The van der Waals surface area contributed by atoms with E-state index in [0.717, 1.165) is 18.4 Å². The molecule has 24 heavy (non-hydrogen) atoms. The number of nitrogens with one attached hydrogen (secondary N) is 1. The normalized spacial score (nSPS) is 12.3. The molecule has 0 atom stereocenters. The van der Waals surface area contributed by atoms with Crippen molar-refractivity contribution in [2.45, 2.75) is 26.4 Å². The first-order valence-electron chi connectivity index (χ1n) is 7.33. The average molecular weight is 366 g/mol. The Kier molecular flexibility index (Phi) is 6.65. The summed E-state index contributed by atoms with van der Waals surface area (Å²) in [5.74, 6) is -0.149. The third-order valence-corrected chi connectivity index (χ3v) is 4.29. The Labute approximate surface area is 139 Å². The fraction of sp³-hybridized carbons (Fsp3) is 0.533. The summed E-state index contributed by atoms with van der Waals surface area (Å²) in [5.41, 5.74) is -1.49. The van der Waals surface area contributed by atoms with E-state index in [4.69, 9.17) is 0 Å². The summed E-state index contributed by atoms with van der Waals surface area (Å²) >= 11 is 0. The zero-order chi connectivity index (χ0) is 18.5. The lowest BCUT2D eigenvalue weighted by molar-refractivity contribution is -0.137. The summed E-state index contributed by atoms with van der Waals surface area (Å²) < 4.78 is 63.8. The molecule has 9 heteroatoms. The van der Waals surface area contributed by atoms with Crippen molar-refractivity contribution in [1.29, 1.82) is 0 Å². The monoisotopic (exact) mass is 366 g/mol. The zero-order valence-electron chi connectivity index (χ0n) is 13.7. The number of benzene rings is 1. The Balaban J connectivity index is 2.99. The van der Waals surface area contributed by atoms with Crippen molar-refractivity contribution in [3.05, 3.63) is 29.8 Å². The number of halogens is 3. The summed E-state index contributed by atoms with van der Waals surface area (Å²) in [4.78, 5) is 11.6. The van der Waals surface area contributed by atoms with Crippen LogP contribution in [0.1, 0.15) is 25.8 Å². The topological polar surface area (TPSA) is 66.5 Å². The first kappa shape index (κ1) is 20.3. The van der Waals surface area contributed by atoms with E-state index in [-0.39, 0.29) is 31.3 Å². The molecule has 0 saturated heterocycles. The van der Waals surface area contributed by atoms with E-state index >= 15 is 0 Å². The Hall–Kier alpha value is -1.77. The fourth-order valence-electron chi connectivity index (χ4n) is 2.14. The molecule has 0 aliphatic carbocycles. The molecular formula is C15H21F3N2O3S. The molecule has 1 aromatic rings. The van der Waals surface area contributed by atoms with Crippen LogP contribution in [0.5, 0.6) is 0 Å². The lowest BCUT2D eigenvalue weighted by Gasteiger charge is -2.25. The van der Waals surface area contributed by atoms with Crippen molar-refractivity contribution in [2.24, 2.45) is 5.92 Å². The summed E-state index contributed by atoms with van der Waals surface area (Å²) in [5, 5.41) is 2.52. The highest BCUT2D eigenvalue weighted by Crippen LogP contribution is 2.37. The van der Waals surface area contributed by atoms with Gasteiger partial charge < -0.3 is 5.32 Å². The molecule has 0 aromatic heterocycles. The standard InChI is InChI=1S/C15H21F3N2O3S/c1-11(2)10-14(21)19-8-9-20(24(3,22)23)13-7-5-4-6-12(13)15(16,17)18/h4-7,11H,8-10H2,1-3H3,(H,19,21). The van der Waals surface area contributed by atoms with Gasteiger partial charge in [-0.1, -0.05) is 26.0 Å². The Bertz CT molecular complexity index is 673. The van der Waals surface area contributed by atoms with E-state index in [1.165, 1.54) is 12.1 Å². The number of hydrogen-bond donors (Lipinski definition) is 1. The van der Waals surface area contributed by atoms with Crippen LogP contribution in [0.25, 0.3) is 0 Å². The first-order valence-corrected chi connectivity index (χ1v) is 9.18. The van der Waals surface area contributed by atoms with E-state index in [0.29, 0.717) is 4.31 Å². The molecule has 1 amide bonds. The maximum absolute atomic E-state index is 13.1. The molecule has 0 saturated carbocycles. The summed E-state index contributed by atoms with van der Waals surface area (Å²) in [7, 11) is -3.94. The molecule has 1 aromatic carbocycles. The third kappa shape index (κ3) is 6.03. The molecule has 5 nitrogen and oxygen atoms in total. The number of anilines is 1. The highest BCUT2D eigenvalue weighted by atomic mass is 32.2. The predicted molar refractivity (Wildman–Crippen MR) is 86.1 cm³/mol. The van der Waals surface area contributed by atoms with Gasteiger partial charge in [0.05, 0.1) is 24.1 Å². The molecule has 0 radical (unpaired) electrons. The number of carbonyl (C=O) groups excluding carboxylic acids is 1. The molecule has 0 aliphatic rings. The van der Waals surface area contributed by atoms with Gasteiger partial charge in [0.1, 0.15) is 0 Å². The van der Waals surface area contributed by atoms with Crippen LogP contribution in [0, 0.1) is 5.92 Å². The zero-order valence-corrected chi connectivity index (χ0v) is 14.5. The van der Waals surface area contributed by atoms with Gasteiger partial charge in [-0.15, -0.1) is 0 Å². The van der Waals surface area contributed by atoms with Gasteiger partial charge in [0, 0.05) is 13.0 Å². The highest BCUT2D eigenvalue weighted by Gasteiger charge is 2.36. The van der Waals surface area contributed by atoms with E-state index in [1.54, 1.807) is 0 Å². The summed E-state index contributed by atoms with van der Waals surface area (Å²) in [6, 6.07) is 4.45. The van der Waals surface area contributed by atoms with Crippen molar-refractivity contribution in [3.8, 4) is 0 Å². The van der Waals surface area contributed by atoms with Crippen molar-refractivity contribution in [3.63, 3.8) is 0 Å². The van der Waals surface area contributed by atoms with Gasteiger partial charge in [0.15, 0.2) is 0 Å². The molecule has 136 valence electrons. The van der Waals surface area contributed by atoms with E-state index in [2.05, 4.69) is 5.32 Å². The molecule has 1 rings (SSSR count). The first-order chi connectivity index (χ1) is 10.9. The van der Waals surface area contributed by atoms with Crippen LogP contribution in [0.15, 0.2) is 24.3 Å². The minimum absolute atomic E-state index is 0.0786. The second-order valence-corrected chi connectivity index (χ2v) is 7.70. The minimum Gasteiger partial charge on any atom is -0.354 e. The molecule has 0 unspecified atom stereocenters. The minimum atomic E-state index is -4.68. The number of rotatable bonds is 7. The number of carbonyl (C=O) groups is 1. The van der Waals surface area contributed by atoms with E-state index in [1.807, 2.05) is 13.8 Å². The van der Waals surface area contributed by atoms with Crippen LogP contribution < -0.4 is 9.62 Å². The Morgan fingerprint density at radius 3 is 2.33 bits per heavy atom. The highest BCUT2D eigenvalue weighted by molar-refractivity contribution is 7.92. The van der Waals surface area contributed by atoms with E-state index < -0.39 is 27.5 Å². The average Bonchev–Trinajstić information content (AvgIpc) is 2.40. The quantitative estimate of drug-likeness (QED) is 0.807. The second kappa shape index (κ2) is 7.87. The van der Waals surface area contributed by atoms with Gasteiger partial charge in [-0.25, -0.2) is 8.42 Å². The van der Waals surface area contributed by atoms with Crippen molar-refractivity contribution >= 4 is 21.6 Å². The third-order valence-electron chi connectivity index (χ3n) is 3.11. The smallest absolute Gasteiger partial charge is 0.354 e. The largest absolute Gasteiger partial charge is 0.418 e. The van der Waals surface area contributed by atoms with Crippen LogP contribution in [0.4, 0.5) is 18.9 Å². The predicted octanol–water partition coefficient (Wildman–Crippen LogP) is 2.63. The molecule has 0 fully saturated rings. The van der Waals surface area contributed by atoms with Crippen LogP contribution >= 0.6 is 0 Å². The number of hydrogen-bond acceptors (Lipinski definition) is 3. The number of nitrogens with zero attached hydrogens (tertiary/aromatic N) is 1. The molecular weight excluding hydrogens is 345 g/mol. The lowest BCUT2D eigenvalue weighted by Crippen LogP contribution is -2.39. The maximum Gasteiger partial charge on any atom is 0.418 e. The van der Waals surface area contributed by atoms with Gasteiger partial charge in [0.25, 0.3) is 0 Å². The molecule has 0 spiro atoms. The fourth-order valence-corrected chi connectivity index (χ4v) is 3.08. The van der Waals surface area contributed by atoms with Gasteiger partial charge in [-0.05, 0) is 18.1 Å². The molecule has 1 N–H and O–H groups in total. The number of alkyl halides is 3. The Morgan fingerprint density at radius 1 is 1.25 bits per heavy atom. The summed E-state index contributed by atoms with van der Waals surface area (Å²) in [6.45, 7) is 3.34. The molecule has 0 aliphatic heterocycles. The van der Waals surface area contributed by atoms with Gasteiger partial charge in [-0.2, -0.15) is 13.2 Å². The van der Waals surface area contributed by atoms with Crippen molar-refractivity contribution in [2.75, 3.05) is 23.7 Å². The lowest BCUT2D eigenvalue weighted by atomic mass is 10.1. The number of para-hydroxylation sites is 1. The van der Waals surface area contributed by atoms with E-state index in [9.17, 15) is 26.4 Å². The van der Waals surface area contributed by atoms with Gasteiger partial charge in [-0.3, -0.25) is 9.10 Å². The Morgan fingerprint density at radius 2 is 1.83 bits per heavy atom. The van der Waals surface area contributed by atoms with Gasteiger partial charge >= 0.3 is 6.18 Å². The van der Waals surface area contributed by atoms with Crippen molar-refractivity contribution < 1.29 is 26.4 Å². The SMILES string of the molecule is CC(C)CC(=O)NCCN(c1ccccc1C(F)(F)F)S(C)(=O)=O. The van der Waals surface area contributed by atoms with Gasteiger partial charge in [0.2, 0.25) is 15.9 Å². The number of amides is 1. The van der Waals surface area contributed by atoms with Crippen LogP contribution in [-0.2, 0) is 21.0 Å². The molecule has 0 heterocycles. The number of sulfonamides is 1. The molecule has 0 bridgehead atoms. The van der Waals surface area contributed by atoms with Crippen LogP contribution in [0.2, 0.25) is 0 Å². The van der Waals surface area contributed by atoms with Crippen LogP contribution in [0.3, 0.4) is 0 Å². The maximum atomic E-state index is 13.1. The summed E-state index contributed by atoms with van der Waals surface area (Å²) in [6.07, 6.45) is -3.59.